The molecule has 1 heterocycles. The van der Waals surface area contributed by atoms with E-state index in [4.69, 9.17) is 21.5 Å². The molecule has 0 aromatic heterocycles. The van der Waals surface area contributed by atoms with Crippen molar-refractivity contribution in [2.75, 3.05) is 56.9 Å². The van der Waals surface area contributed by atoms with Crippen molar-refractivity contribution < 1.29 is 0 Å². The first-order valence-corrected chi connectivity index (χ1v) is 18.0. The molecule has 8 N–H and O–H groups in total. The average Bonchev–Trinajstić information content (AvgIpc) is 3.22. The standard InChI is InChI=1S/C45H49N9/c1-29(23-37(48-2)17-10-22-46)30-11-7-15-34(24-30)44-52-43(33-14-8-12-31(25-33)39-27-36(47)18-20-41(39)50-4)53-45(54(44)6)35-16-9-13-32(26-35)40-28-38(49-3)19-21-42(40)51-5/h7-28,45,48-51H,46-47H2,1-6H3/b22-10+,29-23+,37-17+. The van der Waals surface area contributed by atoms with E-state index in [9.17, 15) is 0 Å². The van der Waals surface area contributed by atoms with Crippen LogP contribution in [0.25, 0.3) is 27.8 Å². The van der Waals surface area contributed by atoms with Gasteiger partial charge in [-0.2, -0.15) is 0 Å². The Labute approximate surface area is 318 Å². The number of nitrogens with one attached hydrogen (secondary N) is 4. The van der Waals surface area contributed by atoms with Crippen LogP contribution in [0.5, 0.6) is 0 Å². The zero-order valence-corrected chi connectivity index (χ0v) is 31.8. The molecule has 9 heteroatoms. The Morgan fingerprint density at radius 1 is 0.722 bits per heavy atom. The fourth-order valence-electron chi connectivity index (χ4n) is 6.68. The van der Waals surface area contributed by atoms with Crippen molar-refractivity contribution in [1.29, 1.82) is 0 Å². The molecule has 0 fully saturated rings. The SMILES string of the molecule is CNC(=C/C=C/N)/C=C(\C)c1cccc(C2=NC(c3cccc(-c4cc(N)ccc4NC)c3)=NC(c3cccc(-c4cc(NC)ccc4NC)c3)N2C)c1. The summed E-state index contributed by atoms with van der Waals surface area (Å²) in [7, 11) is 9.77. The van der Waals surface area contributed by atoms with Gasteiger partial charge < -0.3 is 37.6 Å². The third-order valence-corrected chi connectivity index (χ3v) is 9.60. The topological polar surface area (TPSA) is 128 Å². The molecule has 0 saturated heterocycles. The van der Waals surface area contributed by atoms with Crippen molar-refractivity contribution in [3.63, 3.8) is 0 Å². The molecule has 274 valence electrons. The molecule has 0 saturated carbocycles. The van der Waals surface area contributed by atoms with Crippen LogP contribution in [-0.4, -0.2) is 51.8 Å². The molecule has 0 bridgehead atoms. The normalized spacial score (nSPS) is 14.8. The number of hydrogen-bond acceptors (Lipinski definition) is 9. The first-order valence-electron chi connectivity index (χ1n) is 18.0. The summed E-state index contributed by atoms with van der Waals surface area (Å²) >= 11 is 0. The lowest BCUT2D eigenvalue weighted by Gasteiger charge is -2.33. The third kappa shape index (κ3) is 8.00. The number of allylic oxidation sites excluding steroid dienone is 4. The van der Waals surface area contributed by atoms with E-state index in [0.29, 0.717) is 11.5 Å². The summed E-state index contributed by atoms with van der Waals surface area (Å²) in [6.45, 7) is 2.10. The Bertz CT molecular complexity index is 2300. The van der Waals surface area contributed by atoms with E-state index in [1.165, 1.54) is 6.20 Å². The lowest BCUT2D eigenvalue weighted by atomic mass is 9.98. The van der Waals surface area contributed by atoms with Crippen LogP contribution < -0.4 is 32.7 Å². The molecule has 1 aliphatic rings. The maximum atomic E-state index is 6.25. The minimum absolute atomic E-state index is 0.357. The van der Waals surface area contributed by atoms with E-state index in [-0.39, 0.29) is 6.17 Å². The molecule has 54 heavy (non-hydrogen) atoms. The fraction of sp³-hybridized carbons (Fsp3) is 0.156. The van der Waals surface area contributed by atoms with Crippen LogP contribution in [0, 0.1) is 0 Å². The number of anilines is 4. The van der Waals surface area contributed by atoms with Gasteiger partial charge in [-0.25, -0.2) is 9.98 Å². The largest absolute Gasteiger partial charge is 0.405 e. The zero-order chi connectivity index (χ0) is 38.2. The predicted molar refractivity (Wildman–Crippen MR) is 231 cm³/mol. The Kier molecular flexibility index (Phi) is 11.5. The molecule has 1 unspecified atom stereocenters. The monoisotopic (exact) mass is 715 g/mol. The number of nitrogen functional groups attached to an aromatic ring is 1. The first-order chi connectivity index (χ1) is 26.3. The van der Waals surface area contributed by atoms with E-state index >= 15 is 0 Å². The maximum absolute atomic E-state index is 6.25. The second-order valence-electron chi connectivity index (χ2n) is 13.1. The second-order valence-corrected chi connectivity index (χ2v) is 13.1. The molecule has 1 aliphatic heterocycles. The van der Waals surface area contributed by atoms with Gasteiger partial charge in [-0.15, -0.1) is 0 Å². The quantitative estimate of drug-likeness (QED) is 0.0565. The molecule has 9 nitrogen and oxygen atoms in total. The smallest absolute Gasteiger partial charge is 0.159 e. The van der Waals surface area contributed by atoms with Crippen molar-refractivity contribution in [2.45, 2.75) is 13.1 Å². The van der Waals surface area contributed by atoms with Gasteiger partial charge in [0.2, 0.25) is 0 Å². The van der Waals surface area contributed by atoms with E-state index in [1.54, 1.807) is 0 Å². The van der Waals surface area contributed by atoms with Gasteiger partial charge in [0, 0.05) is 85.9 Å². The molecular formula is C45H49N9. The Morgan fingerprint density at radius 2 is 1.39 bits per heavy atom. The second kappa shape index (κ2) is 16.7. The third-order valence-electron chi connectivity index (χ3n) is 9.60. The highest BCUT2D eigenvalue weighted by Gasteiger charge is 2.27. The molecule has 0 radical (unpaired) electrons. The van der Waals surface area contributed by atoms with Crippen LogP contribution in [0.4, 0.5) is 22.7 Å². The van der Waals surface area contributed by atoms with Crippen molar-refractivity contribution in [3.8, 4) is 22.3 Å². The number of hydrogen-bond donors (Lipinski definition) is 6. The Hall–Kier alpha value is -6.74. The minimum Gasteiger partial charge on any atom is -0.405 e. The molecule has 5 aromatic rings. The molecule has 0 spiro atoms. The fourth-order valence-corrected chi connectivity index (χ4v) is 6.68. The molecular weight excluding hydrogens is 667 g/mol. The summed E-state index contributed by atoms with van der Waals surface area (Å²) in [6.07, 6.45) is 7.03. The lowest BCUT2D eigenvalue weighted by Crippen LogP contribution is -2.35. The Morgan fingerprint density at radius 3 is 2.11 bits per heavy atom. The van der Waals surface area contributed by atoms with Gasteiger partial charge in [-0.05, 0) is 114 Å². The van der Waals surface area contributed by atoms with Crippen molar-refractivity contribution in [2.24, 2.45) is 15.7 Å². The van der Waals surface area contributed by atoms with Crippen molar-refractivity contribution in [1.82, 2.24) is 10.2 Å². The summed E-state index contributed by atoms with van der Waals surface area (Å²) in [5, 5.41) is 13.2. The number of benzene rings is 5. The van der Waals surface area contributed by atoms with Gasteiger partial charge >= 0.3 is 0 Å². The van der Waals surface area contributed by atoms with E-state index in [0.717, 1.165) is 78.7 Å². The highest BCUT2D eigenvalue weighted by atomic mass is 15.3. The average molecular weight is 716 g/mol. The van der Waals surface area contributed by atoms with Crippen LogP contribution in [0.1, 0.15) is 35.3 Å². The van der Waals surface area contributed by atoms with Gasteiger partial charge in [0.05, 0.1) is 0 Å². The van der Waals surface area contributed by atoms with Gasteiger partial charge in [0.1, 0.15) is 5.84 Å². The van der Waals surface area contributed by atoms with Crippen LogP contribution in [0.15, 0.2) is 149 Å². The van der Waals surface area contributed by atoms with E-state index in [2.05, 4.69) is 137 Å². The van der Waals surface area contributed by atoms with Crippen LogP contribution in [-0.2, 0) is 0 Å². The van der Waals surface area contributed by atoms with Crippen LogP contribution >= 0.6 is 0 Å². The van der Waals surface area contributed by atoms with Gasteiger partial charge in [-0.3, -0.25) is 0 Å². The lowest BCUT2D eigenvalue weighted by molar-refractivity contribution is 0.383. The maximum Gasteiger partial charge on any atom is 0.159 e. The summed E-state index contributed by atoms with van der Waals surface area (Å²) in [5.74, 6) is 1.47. The number of nitrogens with two attached hydrogens (primary N) is 2. The molecule has 0 amide bonds. The Balaban J connectivity index is 1.49. The summed E-state index contributed by atoms with van der Waals surface area (Å²) in [4.78, 5) is 12.8. The summed E-state index contributed by atoms with van der Waals surface area (Å²) in [6, 6.07) is 37.7. The molecule has 5 aromatic carbocycles. The zero-order valence-electron chi connectivity index (χ0n) is 31.8. The van der Waals surface area contributed by atoms with Crippen molar-refractivity contribution in [3.05, 3.63) is 162 Å². The van der Waals surface area contributed by atoms with Gasteiger partial charge in [0.15, 0.2) is 12.0 Å². The summed E-state index contributed by atoms with van der Waals surface area (Å²) in [5.41, 5.74) is 25.9. The highest BCUT2D eigenvalue weighted by molar-refractivity contribution is 6.13. The first kappa shape index (κ1) is 37.0. The van der Waals surface area contributed by atoms with Crippen molar-refractivity contribution >= 4 is 40.0 Å². The molecule has 6 rings (SSSR count). The van der Waals surface area contributed by atoms with E-state index < -0.39 is 0 Å². The van der Waals surface area contributed by atoms with Gasteiger partial charge in [0.25, 0.3) is 0 Å². The van der Waals surface area contributed by atoms with Crippen LogP contribution in [0.3, 0.4) is 0 Å². The summed E-state index contributed by atoms with van der Waals surface area (Å²) < 4.78 is 0. The number of likely N-dealkylation sites (N-methyl/N-ethyl adjacent to an activating group) is 1. The van der Waals surface area contributed by atoms with E-state index in [1.807, 2.05) is 58.5 Å². The van der Waals surface area contributed by atoms with Crippen LogP contribution in [0.2, 0.25) is 0 Å². The minimum atomic E-state index is -0.357. The molecule has 1 atom stereocenters. The number of aliphatic imine (C=N–C) groups is 2. The number of rotatable bonds is 12. The van der Waals surface area contributed by atoms with Gasteiger partial charge in [-0.1, -0.05) is 54.6 Å². The molecule has 0 aliphatic carbocycles. The number of amidine groups is 2. The predicted octanol–water partition coefficient (Wildman–Crippen LogP) is 8.54. The highest BCUT2D eigenvalue weighted by Crippen LogP contribution is 2.36. The number of nitrogens with zero attached hydrogens (tertiary/aromatic N) is 3.